The summed E-state index contributed by atoms with van der Waals surface area (Å²) in [4.78, 5) is 30.9. The van der Waals surface area contributed by atoms with Gasteiger partial charge in [-0.3, -0.25) is 19.9 Å². The number of nitrogens with one attached hydrogen (secondary N) is 1. The summed E-state index contributed by atoms with van der Waals surface area (Å²) in [6.07, 6.45) is 6.66. The van der Waals surface area contributed by atoms with Crippen molar-refractivity contribution in [2.75, 3.05) is 13.7 Å². The van der Waals surface area contributed by atoms with E-state index in [1.807, 2.05) is 0 Å². The van der Waals surface area contributed by atoms with Gasteiger partial charge < -0.3 is 4.43 Å². The van der Waals surface area contributed by atoms with E-state index in [0.717, 1.165) is 44.2 Å². The second-order valence-corrected chi connectivity index (χ2v) is 17.5. The molecule has 0 aromatic rings. The molecule has 3 saturated carbocycles. The highest BCUT2D eigenvalue weighted by Gasteiger charge is 2.61. The maximum absolute atomic E-state index is 12.9. The fourth-order valence-electron chi connectivity index (χ4n) is 7.20. The maximum atomic E-state index is 12.9. The van der Waals surface area contributed by atoms with Crippen LogP contribution in [0.2, 0.25) is 18.1 Å². The summed E-state index contributed by atoms with van der Waals surface area (Å²) in [7, 11) is -0.295. The number of rotatable bonds is 5. The van der Waals surface area contributed by atoms with Crippen LogP contribution in [0.5, 0.6) is 0 Å². The molecule has 4 aliphatic rings. The highest BCUT2D eigenvalue weighted by molar-refractivity contribution is 6.74. The lowest BCUT2D eigenvalue weighted by Crippen LogP contribution is -2.56. The minimum atomic E-state index is -1.95. The van der Waals surface area contributed by atoms with Crippen LogP contribution in [-0.2, 0) is 18.9 Å². The van der Waals surface area contributed by atoms with Crippen molar-refractivity contribution in [1.29, 1.82) is 0 Å². The first kappa shape index (κ1) is 24.2. The van der Waals surface area contributed by atoms with Gasteiger partial charge in [-0.1, -0.05) is 27.7 Å². The first-order valence-corrected chi connectivity index (χ1v) is 15.5. The van der Waals surface area contributed by atoms with E-state index in [1.165, 1.54) is 5.57 Å². The molecule has 0 aromatic carbocycles. The van der Waals surface area contributed by atoms with Crippen LogP contribution in [0.4, 0.5) is 0 Å². The molecule has 0 aromatic heterocycles. The summed E-state index contributed by atoms with van der Waals surface area (Å²) in [5.41, 5.74) is 5.22. The van der Waals surface area contributed by atoms with Gasteiger partial charge in [-0.15, -0.1) is 0 Å². The van der Waals surface area contributed by atoms with Gasteiger partial charge in [0.2, 0.25) is 0 Å². The zero-order chi connectivity index (χ0) is 23.5. The molecule has 0 saturated heterocycles. The van der Waals surface area contributed by atoms with Gasteiger partial charge in [-0.25, -0.2) is 0 Å². The SMILES string of the molecule is CONC1=C2CC(=O)CCC2(CO[Si](C)(C)C(C)(C)C)C2CCC3(C)C(=O)CCC3C2C1. The topological polar surface area (TPSA) is 64.6 Å². The highest BCUT2D eigenvalue weighted by atomic mass is 28.4. The van der Waals surface area contributed by atoms with E-state index < -0.39 is 8.32 Å². The van der Waals surface area contributed by atoms with Crippen LogP contribution in [0.15, 0.2) is 11.3 Å². The molecule has 5 nitrogen and oxygen atoms in total. The molecule has 5 unspecified atom stereocenters. The molecule has 0 heterocycles. The third-order valence-electron chi connectivity index (χ3n) is 10.2. The van der Waals surface area contributed by atoms with E-state index in [4.69, 9.17) is 9.26 Å². The molecule has 4 rings (SSSR count). The molecule has 6 heteroatoms. The van der Waals surface area contributed by atoms with E-state index in [2.05, 4.69) is 46.3 Å². The average Bonchev–Trinajstić information content (AvgIpc) is 3.01. The Labute approximate surface area is 195 Å². The van der Waals surface area contributed by atoms with Crippen LogP contribution in [0.1, 0.15) is 79.1 Å². The van der Waals surface area contributed by atoms with Gasteiger partial charge in [0.15, 0.2) is 8.32 Å². The molecule has 4 aliphatic carbocycles. The predicted molar refractivity (Wildman–Crippen MR) is 128 cm³/mol. The van der Waals surface area contributed by atoms with E-state index in [-0.39, 0.29) is 15.9 Å². The molecular formula is C26H43NO4Si. The zero-order valence-electron chi connectivity index (χ0n) is 21.2. The molecule has 3 fully saturated rings. The summed E-state index contributed by atoms with van der Waals surface area (Å²) >= 11 is 0. The normalized spacial score (nSPS) is 37.8. The van der Waals surface area contributed by atoms with Crippen LogP contribution in [0.25, 0.3) is 0 Å². The first-order valence-electron chi connectivity index (χ1n) is 12.6. The molecule has 32 heavy (non-hydrogen) atoms. The lowest BCUT2D eigenvalue weighted by Gasteiger charge is -2.58. The summed E-state index contributed by atoms with van der Waals surface area (Å²) in [6, 6.07) is 0. The Morgan fingerprint density at radius 3 is 2.47 bits per heavy atom. The summed E-state index contributed by atoms with van der Waals surface area (Å²) in [5.74, 6) is 2.13. The van der Waals surface area contributed by atoms with Crippen molar-refractivity contribution >= 4 is 19.9 Å². The van der Waals surface area contributed by atoms with E-state index in [1.54, 1.807) is 7.11 Å². The van der Waals surface area contributed by atoms with E-state index in [0.29, 0.717) is 48.8 Å². The van der Waals surface area contributed by atoms with Gasteiger partial charge >= 0.3 is 0 Å². The van der Waals surface area contributed by atoms with Crippen molar-refractivity contribution in [2.45, 2.75) is 97.2 Å². The number of hydrogen-bond donors (Lipinski definition) is 1. The van der Waals surface area contributed by atoms with E-state index in [9.17, 15) is 9.59 Å². The lowest BCUT2D eigenvalue weighted by molar-refractivity contribution is -0.134. The zero-order valence-corrected chi connectivity index (χ0v) is 22.2. The van der Waals surface area contributed by atoms with Gasteiger partial charge in [0.05, 0.1) is 7.11 Å². The summed E-state index contributed by atoms with van der Waals surface area (Å²) in [5, 5.41) is 0.142. The van der Waals surface area contributed by atoms with Crippen LogP contribution in [0, 0.1) is 28.6 Å². The largest absolute Gasteiger partial charge is 0.416 e. The Hall–Kier alpha value is -0.983. The van der Waals surface area contributed by atoms with Crippen LogP contribution in [-0.4, -0.2) is 33.6 Å². The fourth-order valence-corrected chi connectivity index (χ4v) is 8.25. The third-order valence-corrected chi connectivity index (χ3v) is 14.7. The average molecular weight is 462 g/mol. The van der Waals surface area contributed by atoms with Crippen molar-refractivity contribution in [3.05, 3.63) is 11.3 Å². The molecule has 0 radical (unpaired) electrons. The van der Waals surface area contributed by atoms with Crippen molar-refractivity contribution < 1.29 is 18.9 Å². The summed E-state index contributed by atoms with van der Waals surface area (Å²) in [6.45, 7) is 14.4. The lowest BCUT2D eigenvalue weighted by atomic mass is 9.47. The number of ketones is 2. The molecule has 1 N–H and O–H groups in total. The quantitative estimate of drug-likeness (QED) is 0.428. The van der Waals surface area contributed by atoms with Gasteiger partial charge in [0.1, 0.15) is 11.6 Å². The number of hydroxylamine groups is 1. The minimum Gasteiger partial charge on any atom is -0.416 e. The van der Waals surface area contributed by atoms with Gasteiger partial charge in [-0.2, -0.15) is 0 Å². The molecule has 0 bridgehead atoms. The third kappa shape index (κ3) is 3.65. The van der Waals surface area contributed by atoms with Gasteiger partial charge in [0.25, 0.3) is 0 Å². The fraction of sp³-hybridized carbons (Fsp3) is 0.846. The van der Waals surface area contributed by atoms with Gasteiger partial charge in [0, 0.05) is 42.4 Å². The monoisotopic (exact) mass is 461 g/mol. The smallest absolute Gasteiger partial charge is 0.192 e. The second-order valence-electron chi connectivity index (χ2n) is 12.7. The molecule has 180 valence electrons. The van der Waals surface area contributed by atoms with E-state index >= 15 is 0 Å². The number of carbonyl (C=O) groups is 2. The molecule has 0 aliphatic heterocycles. The molecular weight excluding hydrogens is 418 g/mol. The Morgan fingerprint density at radius 2 is 1.81 bits per heavy atom. The van der Waals surface area contributed by atoms with Crippen LogP contribution >= 0.6 is 0 Å². The standard InChI is InChI=1S/C26H43NO4Si/c1-24(2,3)32(6,7)31-16-26-13-10-17(28)14-21(26)22(27-30-5)15-18-19-8-9-23(29)25(19,4)12-11-20(18)26/h18-20,27H,8-16H2,1-7H3. The number of Topliss-reactive ketones (excluding diaryl/α,β-unsaturated/α-hetero) is 2. The van der Waals surface area contributed by atoms with Crippen molar-refractivity contribution in [3.8, 4) is 0 Å². The predicted octanol–water partition coefficient (Wildman–Crippen LogP) is 5.57. The Bertz CT molecular complexity index is 828. The van der Waals surface area contributed by atoms with Crippen LogP contribution in [0.3, 0.4) is 0 Å². The van der Waals surface area contributed by atoms with Crippen molar-refractivity contribution in [1.82, 2.24) is 5.48 Å². The first-order chi connectivity index (χ1) is 14.9. The molecule has 0 spiro atoms. The Balaban J connectivity index is 1.77. The molecule has 0 amide bonds. The Morgan fingerprint density at radius 1 is 1.09 bits per heavy atom. The number of allylic oxidation sites excluding steroid dienone is 1. The molecule has 5 atom stereocenters. The maximum Gasteiger partial charge on any atom is 0.192 e. The number of carbonyl (C=O) groups excluding carboxylic acids is 2. The van der Waals surface area contributed by atoms with Gasteiger partial charge in [-0.05, 0) is 73.6 Å². The highest BCUT2D eigenvalue weighted by Crippen LogP contribution is 2.65. The number of fused-ring (bicyclic) bond motifs is 5. The number of hydrogen-bond acceptors (Lipinski definition) is 5. The van der Waals surface area contributed by atoms with Crippen molar-refractivity contribution in [2.24, 2.45) is 28.6 Å². The van der Waals surface area contributed by atoms with Crippen molar-refractivity contribution in [3.63, 3.8) is 0 Å². The second kappa shape index (κ2) is 8.05. The van der Waals surface area contributed by atoms with Crippen LogP contribution < -0.4 is 5.48 Å². The Kier molecular flexibility index (Phi) is 6.08. The minimum absolute atomic E-state index is 0.125. The summed E-state index contributed by atoms with van der Waals surface area (Å²) < 4.78 is 6.92.